The molecule has 1 atom stereocenters. The summed E-state index contributed by atoms with van der Waals surface area (Å²) in [6.07, 6.45) is 1.41. The van der Waals surface area contributed by atoms with E-state index in [1.807, 2.05) is 0 Å². The molecule has 0 saturated heterocycles. The fourth-order valence-electron chi connectivity index (χ4n) is 0.876. The van der Waals surface area contributed by atoms with Crippen LogP contribution in [0, 0.1) is 5.92 Å². The number of hydrogen-bond donors (Lipinski definition) is 1. The molecule has 0 unspecified atom stereocenters. The van der Waals surface area contributed by atoms with Crippen molar-refractivity contribution in [2.45, 2.75) is 39.7 Å². The quantitative estimate of drug-likeness (QED) is 0.669. The topological polar surface area (TPSA) is 46.5 Å². The fourth-order valence-corrected chi connectivity index (χ4v) is 0.876. The van der Waals surface area contributed by atoms with E-state index in [0.717, 1.165) is 12.8 Å². The van der Waals surface area contributed by atoms with E-state index in [-0.39, 0.29) is 0 Å². The highest BCUT2D eigenvalue weighted by molar-refractivity contribution is 5.71. The zero-order valence-corrected chi connectivity index (χ0v) is 8.04. The molecule has 0 saturated carbocycles. The second kappa shape index (κ2) is 6.00. The van der Waals surface area contributed by atoms with Crippen molar-refractivity contribution in [3.63, 3.8) is 0 Å². The minimum atomic E-state index is -0.888. The van der Waals surface area contributed by atoms with Crippen LogP contribution in [0.5, 0.6) is 0 Å². The normalized spacial score (nSPS) is 13.3. The molecule has 0 amide bonds. The lowest BCUT2D eigenvalue weighted by Gasteiger charge is -2.14. The maximum atomic E-state index is 10.4. The molecule has 0 rings (SSSR count). The number of carboxylic acid groups (broad SMARTS) is 1. The minimum absolute atomic E-state index is 0.492. The maximum absolute atomic E-state index is 10.4. The van der Waals surface area contributed by atoms with E-state index in [9.17, 15) is 4.79 Å². The third-order valence-electron chi connectivity index (χ3n) is 2.08. The van der Waals surface area contributed by atoms with Crippen LogP contribution in [-0.2, 0) is 9.53 Å². The summed E-state index contributed by atoms with van der Waals surface area (Å²) in [5.41, 5.74) is 0. The molecule has 72 valence electrons. The van der Waals surface area contributed by atoms with Gasteiger partial charge in [0.1, 0.15) is 0 Å². The average Bonchev–Trinajstić information content (AvgIpc) is 2.05. The summed E-state index contributed by atoms with van der Waals surface area (Å²) in [7, 11) is 0. The van der Waals surface area contributed by atoms with Gasteiger partial charge in [-0.05, 0) is 12.8 Å². The van der Waals surface area contributed by atoms with Crippen LogP contribution in [0.1, 0.15) is 33.6 Å². The average molecular weight is 174 g/mol. The molecular weight excluding hydrogens is 156 g/mol. The third kappa shape index (κ3) is 4.34. The van der Waals surface area contributed by atoms with Crippen molar-refractivity contribution in [1.29, 1.82) is 0 Å². The van der Waals surface area contributed by atoms with Crippen molar-refractivity contribution in [3.8, 4) is 0 Å². The van der Waals surface area contributed by atoms with E-state index in [1.165, 1.54) is 0 Å². The van der Waals surface area contributed by atoms with Crippen LogP contribution >= 0.6 is 0 Å². The summed E-state index contributed by atoms with van der Waals surface area (Å²) < 4.78 is 5.15. The first-order valence-corrected chi connectivity index (χ1v) is 4.46. The lowest BCUT2D eigenvalue weighted by molar-refractivity contribution is -0.149. The van der Waals surface area contributed by atoms with Gasteiger partial charge in [-0.25, -0.2) is 4.79 Å². The Bertz CT molecular complexity index is 130. The Balaban J connectivity index is 3.58. The Morgan fingerprint density at radius 3 is 2.25 bits per heavy atom. The highest BCUT2D eigenvalue weighted by Gasteiger charge is 2.12. The van der Waals surface area contributed by atoms with Crippen molar-refractivity contribution in [2.24, 2.45) is 5.92 Å². The van der Waals surface area contributed by atoms with E-state index < -0.39 is 12.1 Å². The Morgan fingerprint density at radius 1 is 1.42 bits per heavy atom. The molecule has 0 aromatic carbocycles. The summed E-state index contributed by atoms with van der Waals surface area (Å²) in [5.74, 6) is -0.396. The van der Waals surface area contributed by atoms with Gasteiger partial charge in [0.2, 0.25) is 0 Å². The summed E-state index contributed by atoms with van der Waals surface area (Å²) in [5, 5.41) is 8.52. The molecule has 0 bridgehead atoms. The van der Waals surface area contributed by atoms with Crippen LogP contribution in [0.3, 0.4) is 0 Å². The van der Waals surface area contributed by atoms with Crippen molar-refractivity contribution in [1.82, 2.24) is 0 Å². The van der Waals surface area contributed by atoms with Gasteiger partial charge < -0.3 is 9.84 Å². The molecule has 0 fully saturated rings. The molecular formula is C9H18O3. The summed E-state index contributed by atoms with van der Waals surface area (Å²) >= 11 is 0. The maximum Gasteiger partial charge on any atom is 0.332 e. The number of carboxylic acids is 1. The van der Waals surface area contributed by atoms with E-state index in [4.69, 9.17) is 9.84 Å². The van der Waals surface area contributed by atoms with Crippen LogP contribution in [0.25, 0.3) is 0 Å². The molecule has 0 aliphatic rings. The van der Waals surface area contributed by atoms with Crippen LogP contribution in [0.15, 0.2) is 0 Å². The first kappa shape index (κ1) is 11.4. The third-order valence-corrected chi connectivity index (χ3v) is 2.08. The molecule has 3 heteroatoms. The zero-order valence-electron chi connectivity index (χ0n) is 8.04. The Kier molecular flexibility index (Phi) is 5.72. The molecule has 0 radical (unpaired) electrons. The first-order chi connectivity index (χ1) is 5.61. The van der Waals surface area contributed by atoms with Gasteiger partial charge in [-0.1, -0.05) is 26.7 Å². The van der Waals surface area contributed by atoms with Gasteiger partial charge in [0.15, 0.2) is 6.10 Å². The molecule has 0 aliphatic heterocycles. The number of rotatable bonds is 6. The second-order valence-electron chi connectivity index (χ2n) is 3.00. The highest BCUT2D eigenvalue weighted by atomic mass is 16.5. The second-order valence-corrected chi connectivity index (χ2v) is 3.00. The molecule has 0 aliphatic carbocycles. The molecule has 0 aromatic heterocycles. The Morgan fingerprint density at radius 2 is 1.92 bits per heavy atom. The van der Waals surface area contributed by atoms with E-state index >= 15 is 0 Å². The van der Waals surface area contributed by atoms with E-state index in [2.05, 4.69) is 13.8 Å². The van der Waals surface area contributed by atoms with Gasteiger partial charge in [0.05, 0.1) is 6.61 Å². The molecule has 0 spiro atoms. The van der Waals surface area contributed by atoms with Gasteiger partial charge in [0, 0.05) is 0 Å². The monoisotopic (exact) mass is 174 g/mol. The summed E-state index contributed by atoms with van der Waals surface area (Å²) in [6.45, 7) is 6.29. The summed E-state index contributed by atoms with van der Waals surface area (Å²) in [4.78, 5) is 10.4. The molecule has 3 nitrogen and oxygen atoms in total. The van der Waals surface area contributed by atoms with Crippen molar-refractivity contribution >= 4 is 5.97 Å². The highest BCUT2D eigenvalue weighted by Crippen LogP contribution is 2.08. The number of ether oxygens (including phenoxy) is 1. The summed E-state index contributed by atoms with van der Waals surface area (Å²) in [6, 6.07) is 0. The van der Waals surface area contributed by atoms with Crippen LogP contribution in [0.2, 0.25) is 0 Å². The minimum Gasteiger partial charge on any atom is -0.479 e. The lowest BCUT2D eigenvalue weighted by Crippen LogP contribution is -2.23. The zero-order chi connectivity index (χ0) is 9.56. The predicted molar refractivity (Wildman–Crippen MR) is 47.1 cm³/mol. The molecule has 12 heavy (non-hydrogen) atoms. The van der Waals surface area contributed by atoms with Crippen molar-refractivity contribution in [3.05, 3.63) is 0 Å². The fraction of sp³-hybridized carbons (Fsp3) is 0.889. The van der Waals surface area contributed by atoms with Crippen LogP contribution in [0.4, 0.5) is 0 Å². The smallest absolute Gasteiger partial charge is 0.332 e. The number of hydrogen-bond acceptors (Lipinski definition) is 2. The van der Waals surface area contributed by atoms with Gasteiger partial charge in [0.25, 0.3) is 0 Å². The molecule has 1 N–H and O–H groups in total. The van der Waals surface area contributed by atoms with Crippen molar-refractivity contribution < 1.29 is 14.6 Å². The lowest BCUT2D eigenvalue weighted by atomic mass is 10.1. The Labute approximate surface area is 73.7 Å². The van der Waals surface area contributed by atoms with E-state index in [1.54, 1.807) is 6.92 Å². The van der Waals surface area contributed by atoms with Gasteiger partial charge in [-0.15, -0.1) is 0 Å². The van der Waals surface area contributed by atoms with Crippen molar-refractivity contribution in [2.75, 3.05) is 6.61 Å². The van der Waals surface area contributed by atoms with Gasteiger partial charge in [-0.2, -0.15) is 0 Å². The number of aliphatic carboxylic acids is 1. The first-order valence-electron chi connectivity index (χ1n) is 4.46. The number of carbonyl (C=O) groups is 1. The molecule has 0 heterocycles. The SMILES string of the molecule is CCC(CC)CO[C@H](C)C(=O)O. The van der Waals surface area contributed by atoms with E-state index in [0.29, 0.717) is 12.5 Å². The van der Waals surface area contributed by atoms with Crippen LogP contribution < -0.4 is 0 Å². The van der Waals surface area contributed by atoms with Crippen LogP contribution in [-0.4, -0.2) is 23.8 Å². The largest absolute Gasteiger partial charge is 0.479 e. The van der Waals surface area contributed by atoms with Gasteiger partial charge >= 0.3 is 5.97 Å². The standard InChI is InChI=1S/C9H18O3/c1-4-8(5-2)6-12-7(3)9(10)11/h7-8H,4-6H2,1-3H3,(H,10,11)/t7-/m1/s1. The molecule has 0 aromatic rings. The van der Waals surface area contributed by atoms with Gasteiger partial charge in [-0.3, -0.25) is 0 Å². The predicted octanol–water partition coefficient (Wildman–Crippen LogP) is 1.91. The Hall–Kier alpha value is -0.570.